The highest BCUT2D eigenvalue weighted by molar-refractivity contribution is 6.30. The lowest BCUT2D eigenvalue weighted by Crippen LogP contribution is -2.55. The summed E-state index contributed by atoms with van der Waals surface area (Å²) in [7, 11) is 0. The van der Waals surface area contributed by atoms with Crippen molar-refractivity contribution in [1.29, 1.82) is 0 Å². The van der Waals surface area contributed by atoms with Gasteiger partial charge in [0.05, 0.1) is 5.41 Å². The Hall–Kier alpha value is -1.59. The second kappa shape index (κ2) is 6.26. The third kappa shape index (κ3) is 2.83. The van der Waals surface area contributed by atoms with Gasteiger partial charge in [-0.15, -0.1) is 0 Å². The van der Waals surface area contributed by atoms with Crippen molar-refractivity contribution in [2.75, 3.05) is 6.61 Å². The molecular formula is C16H19ClN2O3. The topological polar surface area (TPSA) is 67.4 Å². The van der Waals surface area contributed by atoms with E-state index in [1.54, 1.807) is 12.1 Å². The minimum absolute atomic E-state index is 0.174. The molecule has 0 radical (unpaired) electrons. The van der Waals surface area contributed by atoms with E-state index in [4.69, 9.17) is 16.3 Å². The molecule has 1 aliphatic carbocycles. The van der Waals surface area contributed by atoms with E-state index in [1.165, 1.54) is 0 Å². The number of halogens is 1. The van der Waals surface area contributed by atoms with Crippen LogP contribution < -0.4 is 10.9 Å². The summed E-state index contributed by atoms with van der Waals surface area (Å²) in [6.45, 7) is 0.598. The number of amides is 2. The van der Waals surface area contributed by atoms with E-state index >= 15 is 0 Å². The molecule has 1 aromatic rings. The van der Waals surface area contributed by atoms with E-state index in [0.29, 0.717) is 18.1 Å². The van der Waals surface area contributed by atoms with E-state index in [9.17, 15) is 9.59 Å². The Balaban J connectivity index is 1.64. The first-order valence-electron chi connectivity index (χ1n) is 7.60. The van der Waals surface area contributed by atoms with Crippen molar-refractivity contribution in [3.63, 3.8) is 0 Å². The molecule has 2 fully saturated rings. The molecule has 1 aromatic carbocycles. The Morgan fingerprint density at radius 3 is 2.41 bits per heavy atom. The molecule has 1 saturated heterocycles. The number of benzene rings is 1. The maximum Gasteiger partial charge on any atom is 0.267 e. The van der Waals surface area contributed by atoms with Crippen LogP contribution in [0.25, 0.3) is 0 Å². The summed E-state index contributed by atoms with van der Waals surface area (Å²) < 4.78 is 5.29. The van der Waals surface area contributed by atoms with Gasteiger partial charge in [0.2, 0.25) is 5.91 Å². The van der Waals surface area contributed by atoms with E-state index in [0.717, 1.165) is 31.2 Å². The number of ether oxygens (including phenoxy) is 1. The number of nitrogens with one attached hydrogen (secondary N) is 2. The fourth-order valence-electron chi connectivity index (χ4n) is 3.05. The highest BCUT2D eigenvalue weighted by Crippen LogP contribution is 2.44. The van der Waals surface area contributed by atoms with Gasteiger partial charge in [0.15, 0.2) is 0 Å². The molecule has 1 heterocycles. The molecule has 0 bridgehead atoms. The van der Waals surface area contributed by atoms with Gasteiger partial charge in [-0.2, -0.15) is 0 Å². The Morgan fingerprint density at radius 1 is 1.14 bits per heavy atom. The van der Waals surface area contributed by atoms with Crippen LogP contribution in [0.5, 0.6) is 0 Å². The van der Waals surface area contributed by atoms with Crippen molar-refractivity contribution >= 4 is 23.4 Å². The predicted molar refractivity (Wildman–Crippen MR) is 82.2 cm³/mol. The molecular weight excluding hydrogens is 304 g/mol. The van der Waals surface area contributed by atoms with Crippen LogP contribution >= 0.6 is 11.6 Å². The zero-order valence-corrected chi connectivity index (χ0v) is 13.0. The molecule has 118 valence electrons. The quantitative estimate of drug-likeness (QED) is 0.837. The molecule has 2 amide bonds. The molecule has 3 rings (SSSR count). The molecule has 2 N–H and O–H groups in total. The van der Waals surface area contributed by atoms with Crippen LogP contribution in [0.15, 0.2) is 24.3 Å². The Morgan fingerprint density at radius 2 is 1.86 bits per heavy atom. The summed E-state index contributed by atoms with van der Waals surface area (Å²) in [6.07, 6.45) is 3.67. The van der Waals surface area contributed by atoms with Crippen molar-refractivity contribution in [3.05, 3.63) is 34.9 Å². The third-order valence-electron chi connectivity index (χ3n) is 4.56. The van der Waals surface area contributed by atoms with Gasteiger partial charge in [-0.3, -0.25) is 20.4 Å². The minimum atomic E-state index is -0.561. The summed E-state index contributed by atoms with van der Waals surface area (Å²) in [4.78, 5) is 24.4. The van der Waals surface area contributed by atoms with Gasteiger partial charge >= 0.3 is 0 Å². The minimum Gasteiger partial charge on any atom is -0.368 e. The van der Waals surface area contributed by atoms with Crippen molar-refractivity contribution in [1.82, 2.24) is 10.9 Å². The highest BCUT2D eigenvalue weighted by Gasteiger charge is 2.45. The summed E-state index contributed by atoms with van der Waals surface area (Å²) in [5.74, 6) is -0.455. The van der Waals surface area contributed by atoms with Crippen molar-refractivity contribution < 1.29 is 14.3 Å². The van der Waals surface area contributed by atoms with Crippen LogP contribution in [0.4, 0.5) is 0 Å². The van der Waals surface area contributed by atoms with Crippen LogP contribution in [-0.2, 0) is 19.7 Å². The smallest absolute Gasteiger partial charge is 0.267 e. The van der Waals surface area contributed by atoms with Crippen LogP contribution in [-0.4, -0.2) is 24.5 Å². The van der Waals surface area contributed by atoms with Crippen molar-refractivity contribution in [3.8, 4) is 0 Å². The molecule has 0 aromatic heterocycles. The van der Waals surface area contributed by atoms with E-state index < -0.39 is 11.5 Å². The van der Waals surface area contributed by atoms with Gasteiger partial charge < -0.3 is 4.74 Å². The third-order valence-corrected chi connectivity index (χ3v) is 4.81. The average Bonchev–Trinajstić information content (AvgIpc) is 3.00. The number of hydrogen-bond acceptors (Lipinski definition) is 3. The van der Waals surface area contributed by atoms with Gasteiger partial charge in [-0.25, -0.2) is 0 Å². The Labute approximate surface area is 134 Å². The molecule has 6 heteroatoms. The molecule has 1 saturated carbocycles. The lowest BCUT2D eigenvalue weighted by Gasteiger charge is -2.40. The van der Waals surface area contributed by atoms with E-state index in [-0.39, 0.29) is 11.8 Å². The van der Waals surface area contributed by atoms with E-state index in [2.05, 4.69) is 10.9 Å². The SMILES string of the molecule is O=C(NNC(=O)C1(c2ccc(Cl)cc2)CCC1)C1CCCO1. The van der Waals surface area contributed by atoms with Crippen LogP contribution in [0.2, 0.25) is 5.02 Å². The zero-order valence-electron chi connectivity index (χ0n) is 12.2. The first-order chi connectivity index (χ1) is 10.6. The second-order valence-corrected chi connectivity index (χ2v) is 6.32. The monoisotopic (exact) mass is 322 g/mol. The van der Waals surface area contributed by atoms with Gasteiger partial charge in [-0.05, 0) is 43.4 Å². The highest BCUT2D eigenvalue weighted by atomic mass is 35.5. The number of hydrazine groups is 1. The molecule has 1 unspecified atom stereocenters. The molecule has 22 heavy (non-hydrogen) atoms. The summed E-state index contributed by atoms with van der Waals surface area (Å²) >= 11 is 5.91. The van der Waals surface area contributed by atoms with Gasteiger partial charge in [0.25, 0.3) is 5.91 Å². The van der Waals surface area contributed by atoms with Crippen LogP contribution in [0.1, 0.15) is 37.7 Å². The number of carbonyl (C=O) groups excluding carboxylic acids is 2. The second-order valence-electron chi connectivity index (χ2n) is 5.89. The van der Waals surface area contributed by atoms with Crippen LogP contribution in [0.3, 0.4) is 0 Å². The molecule has 5 nitrogen and oxygen atoms in total. The summed E-state index contributed by atoms with van der Waals surface area (Å²) in [5.41, 5.74) is 5.43. The molecule has 1 atom stereocenters. The Kier molecular flexibility index (Phi) is 4.36. The molecule has 2 aliphatic rings. The maximum absolute atomic E-state index is 12.6. The zero-order chi connectivity index (χ0) is 15.6. The predicted octanol–water partition coefficient (Wildman–Crippen LogP) is 2.09. The lowest BCUT2D eigenvalue weighted by molar-refractivity contribution is -0.138. The molecule has 1 aliphatic heterocycles. The average molecular weight is 323 g/mol. The first kappa shape index (κ1) is 15.3. The van der Waals surface area contributed by atoms with Crippen molar-refractivity contribution in [2.24, 2.45) is 0 Å². The van der Waals surface area contributed by atoms with E-state index in [1.807, 2.05) is 12.1 Å². The fourth-order valence-corrected chi connectivity index (χ4v) is 3.18. The maximum atomic E-state index is 12.6. The number of carbonyl (C=O) groups is 2. The fraction of sp³-hybridized carbons (Fsp3) is 0.500. The molecule has 0 spiro atoms. The van der Waals surface area contributed by atoms with Gasteiger partial charge in [-0.1, -0.05) is 30.2 Å². The summed E-state index contributed by atoms with van der Waals surface area (Å²) in [6, 6.07) is 7.33. The first-order valence-corrected chi connectivity index (χ1v) is 7.97. The van der Waals surface area contributed by atoms with Crippen LogP contribution in [0, 0.1) is 0 Å². The Bertz CT molecular complexity index is 563. The standard InChI is InChI=1S/C16H19ClN2O3/c17-12-6-4-11(5-7-12)16(8-2-9-16)15(21)19-18-14(20)13-3-1-10-22-13/h4-7,13H,1-3,8-10H2,(H,18,20)(H,19,21). The lowest BCUT2D eigenvalue weighted by atomic mass is 9.64. The number of rotatable bonds is 3. The van der Waals surface area contributed by atoms with Gasteiger partial charge in [0, 0.05) is 11.6 Å². The largest absolute Gasteiger partial charge is 0.368 e. The van der Waals surface area contributed by atoms with Gasteiger partial charge in [0.1, 0.15) is 6.10 Å². The van der Waals surface area contributed by atoms with Crippen molar-refractivity contribution in [2.45, 2.75) is 43.6 Å². The summed E-state index contributed by atoms with van der Waals surface area (Å²) in [5, 5.41) is 0.644. The normalized spacial score (nSPS) is 22.7. The number of hydrogen-bond donors (Lipinski definition) is 2.